The smallest absolute Gasteiger partial charge is 0.408 e. The Balaban J connectivity index is 1.60. The number of benzene rings is 3. The molecule has 0 aromatic heterocycles. The molecule has 3 rings (SSSR count). The Bertz CT molecular complexity index is 1140. The lowest BCUT2D eigenvalue weighted by Crippen LogP contribution is -2.44. The molecule has 0 aliphatic carbocycles. The number of nitrogens with one attached hydrogen (secondary N) is 2. The summed E-state index contributed by atoms with van der Waals surface area (Å²) in [6.07, 6.45) is -0.813. The lowest BCUT2D eigenvalue weighted by atomic mass is 10.1. The number of ether oxygens (including phenoxy) is 2. The summed E-state index contributed by atoms with van der Waals surface area (Å²) < 4.78 is 10.5. The van der Waals surface area contributed by atoms with Gasteiger partial charge in [-0.3, -0.25) is 9.59 Å². The van der Waals surface area contributed by atoms with Crippen molar-refractivity contribution in [1.82, 2.24) is 5.32 Å². The van der Waals surface area contributed by atoms with E-state index in [9.17, 15) is 14.4 Å². The highest BCUT2D eigenvalue weighted by Gasteiger charge is 2.24. The Morgan fingerprint density at radius 1 is 0.857 bits per heavy atom. The molecule has 35 heavy (non-hydrogen) atoms. The molecule has 0 fully saturated rings. The van der Waals surface area contributed by atoms with E-state index in [-0.39, 0.29) is 26.1 Å². The van der Waals surface area contributed by atoms with Gasteiger partial charge in [0.15, 0.2) is 0 Å². The molecule has 0 saturated carbocycles. The summed E-state index contributed by atoms with van der Waals surface area (Å²) in [5, 5.41) is 5.78. The lowest BCUT2D eigenvalue weighted by Gasteiger charge is -2.19. The second-order valence-electron chi connectivity index (χ2n) is 7.89. The third-order valence-corrected chi connectivity index (χ3v) is 5.39. The topological polar surface area (TPSA) is 93.7 Å². The van der Waals surface area contributed by atoms with Crippen molar-refractivity contribution in [3.63, 3.8) is 0 Å². The zero-order valence-corrected chi connectivity index (χ0v) is 20.1. The van der Waals surface area contributed by atoms with Crippen LogP contribution in [0.4, 0.5) is 10.5 Å². The number of halogens is 1. The van der Waals surface area contributed by atoms with Gasteiger partial charge in [0.2, 0.25) is 5.91 Å². The minimum atomic E-state index is -1.03. The van der Waals surface area contributed by atoms with E-state index in [1.165, 1.54) is 0 Å². The van der Waals surface area contributed by atoms with Gasteiger partial charge in [-0.05, 0) is 42.2 Å². The van der Waals surface area contributed by atoms with Gasteiger partial charge in [-0.2, -0.15) is 0 Å². The quantitative estimate of drug-likeness (QED) is 0.368. The first-order valence-electron chi connectivity index (χ1n) is 11.1. The number of amides is 2. The van der Waals surface area contributed by atoms with E-state index in [4.69, 9.17) is 21.1 Å². The van der Waals surface area contributed by atoms with Crippen LogP contribution >= 0.6 is 11.6 Å². The summed E-state index contributed by atoms with van der Waals surface area (Å²) in [5.41, 5.74) is 2.98. The van der Waals surface area contributed by atoms with Crippen molar-refractivity contribution in [3.05, 3.63) is 101 Å². The Kier molecular flexibility index (Phi) is 9.69. The van der Waals surface area contributed by atoms with Gasteiger partial charge in [0.05, 0.1) is 0 Å². The predicted molar refractivity (Wildman–Crippen MR) is 134 cm³/mol. The summed E-state index contributed by atoms with van der Waals surface area (Å²) in [5.74, 6) is -0.979. The fourth-order valence-corrected chi connectivity index (χ4v) is 3.37. The summed E-state index contributed by atoms with van der Waals surface area (Å²) >= 11 is 6.05. The number of hydrogen-bond acceptors (Lipinski definition) is 5. The Morgan fingerprint density at radius 3 is 2.09 bits per heavy atom. The van der Waals surface area contributed by atoms with E-state index < -0.39 is 24.0 Å². The maximum Gasteiger partial charge on any atom is 0.408 e. The maximum absolute atomic E-state index is 13.0. The number of aryl methyl sites for hydroxylation is 1. The molecule has 0 heterocycles. The van der Waals surface area contributed by atoms with E-state index >= 15 is 0 Å². The molecule has 7 nitrogen and oxygen atoms in total. The summed E-state index contributed by atoms with van der Waals surface area (Å²) in [4.78, 5) is 37.7. The zero-order valence-electron chi connectivity index (χ0n) is 19.3. The highest BCUT2D eigenvalue weighted by Crippen LogP contribution is 2.20. The molecule has 3 aromatic carbocycles. The molecule has 3 aromatic rings. The van der Waals surface area contributed by atoms with Gasteiger partial charge in [0.1, 0.15) is 19.3 Å². The van der Waals surface area contributed by atoms with Crippen LogP contribution in [0.15, 0.2) is 78.9 Å². The Labute approximate surface area is 209 Å². The van der Waals surface area contributed by atoms with Gasteiger partial charge >= 0.3 is 12.1 Å². The van der Waals surface area contributed by atoms with Crippen molar-refractivity contribution in [2.75, 3.05) is 5.32 Å². The second kappa shape index (κ2) is 13.2. The molecule has 2 N–H and O–H groups in total. The van der Waals surface area contributed by atoms with Gasteiger partial charge in [-0.15, -0.1) is 0 Å². The van der Waals surface area contributed by atoms with E-state index in [0.717, 1.165) is 16.7 Å². The van der Waals surface area contributed by atoms with Crippen molar-refractivity contribution < 1.29 is 23.9 Å². The minimum absolute atomic E-state index is 0.0273. The fraction of sp³-hybridized carbons (Fsp3) is 0.222. The van der Waals surface area contributed by atoms with Crippen LogP contribution in [0.5, 0.6) is 0 Å². The largest absolute Gasteiger partial charge is 0.461 e. The average molecular weight is 495 g/mol. The molecular formula is C27H27ClN2O5. The molecule has 1 atom stereocenters. The molecule has 0 aliphatic rings. The summed E-state index contributed by atoms with van der Waals surface area (Å²) in [7, 11) is 0. The second-order valence-corrected chi connectivity index (χ2v) is 8.33. The molecule has 0 spiro atoms. The van der Waals surface area contributed by atoms with Crippen molar-refractivity contribution in [3.8, 4) is 0 Å². The Hall–Kier alpha value is -3.84. The Morgan fingerprint density at radius 2 is 1.46 bits per heavy atom. The molecule has 2 amide bonds. The van der Waals surface area contributed by atoms with Crippen LogP contribution in [0.3, 0.4) is 0 Å². The van der Waals surface area contributed by atoms with Crippen LogP contribution < -0.4 is 10.6 Å². The number of carbonyl (C=O) groups is 3. The van der Waals surface area contributed by atoms with Crippen molar-refractivity contribution in [2.24, 2.45) is 0 Å². The SMILES string of the molecule is Cc1ccc(Cl)cc1NC(=O)[C@H](CCC(=O)OCc1ccccc1)NC(=O)OCc1ccccc1. The van der Waals surface area contributed by atoms with E-state index in [0.29, 0.717) is 10.7 Å². The zero-order chi connectivity index (χ0) is 25.0. The van der Waals surface area contributed by atoms with Crippen molar-refractivity contribution >= 4 is 35.3 Å². The van der Waals surface area contributed by atoms with Gasteiger partial charge in [-0.1, -0.05) is 78.3 Å². The first kappa shape index (κ1) is 25.8. The van der Waals surface area contributed by atoms with Crippen molar-refractivity contribution in [1.29, 1.82) is 0 Å². The van der Waals surface area contributed by atoms with Crippen LogP contribution in [0.1, 0.15) is 29.5 Å². The van der Waals surface area contributed by atoms with Gasteiger partial charge < -0.3 is 20.1 Å². The highest BCUT2D eigenvalue weighted by molar-refractivity contribution is 6.31. The van der Waals surface area contributed by atoms with Gasteiger partial charge in [0, 0.05) is 17.1 Å². The predicted octanol–water partition coefficient (Wildman–Crippen LogP) is 5.41. The van der Waals surface area contributed by atoms with Gasteiger partial charge in [0.25, 0.3) is 0 Å². The first-order valence-corrected chi connectivity index (χ1v) is 11.5. The fourth-order valence-electron chi connectivity index (χ4n) is 3.20. The number of hydrogen-bond donors (Lipinski definition) is 2. The average Bonchev–Trinajstić information content (AvgIpc) is 2.87. The van der Waals surface area contributed by atoms with Crippen molar-refractivity contribution in [2.45, 2.75) is 39.0 Å². The molecule has 0 saturated heterocycles. The summed E-state index contributed by atoms with van der Waals surface area (Å²) in [6, 6.07) is 22.5. The number of esters is 1. The van der Waals surface area contributed by atoms with Crippen LogP contribution in [0.2, 0.25) is 5.02 Å². The normalized spacial score (nSPS) is 11.3. The van der Waals surface area contributed by atoms with E-state index in [1.807, 2.05) is 67.6 Å². The number of carbonyl (C=O) groups excluding carboxylic acids is 3. The van der Waals surface area contributed by atoms with E-state index in [1.54, 1.807) is 18.2 Å². The lowest BCUT2D eigenvalue weighted by molar-refractivity contribution is -0.145. The molecule has 0 radical (unpaired) electrons. The van der Waals surface area contributed by atoms with Gasteiger partial charge in [-0.25, -0.2) is 4.79 Å². The summed E-state index contributed by atoms with van der Waals surface area (Å²) in [6.45, 7) is 2.00. The molecule has 8 heteroatoms. The monoisotopic (exact) mass is 494 g/mol. The third-order valence-electron chi connectivity index (χ3n) is 5.16. The van der Waals surface area contributed by atoms with Crippen LogP contribution in [0, 0.1) is 6.92 Å². The van der Waals surface area contributed by atoms with E-state index in [2.05, 4.69) is 10.6 Å². The first-order chi connectivity index (χ1) is 16.9. The van der Waals surface area contributed by atoms with Crippen LogP contribution in [0.25, 0.3) is 0 Å². The maximum atomic E-state index is 13.0. The standard InChI is InChI=1S/C27H27ClN2O5/c1-19-12-13-22(28)16-24(19)29-26(32)23(30-27(33)35-18-21-10-6-3-7-11-21)14-15-25(31)34-17-20-8-4-2-5-9-20/h2-13,16,23H,14-15,17-18H2,1H3,(H,29,32)(H,30,33)/t23-/m0/s1. The third kappa shape index (κ3) is 8.79. The van der Waals surface area contributed by atoms with Crippen LogP contribution in [-0.4, -0.2) is 24.0 Å². The number of anilines is 1. The molecule has 182 valence electrons. The van der Waals surface area contributed by atoms with Crippen LogP contribution in [-0.2, 0) is 32.3 Å². The number of alkyl carbamates (subject to hydrolysis) is 1. The molecule has 0 unspecified atom stereocenters. The molecule has 0 bridgehead atoms. The number of rotatable bonds is 10. The minimum Gasteiger partial charge on any atom is -0.461 e. The molecular weight excluding hydrogens is 468 g/mol. The molecule has 0 aliphatic heterocycles. The highest BCUT2D eigenvalue weighted by atomic mass is 35.5.